The maximum atomic E-state index is 6.59. The predicted octanol–water partition coefficient (Wildman–Crippen LogP) is 18.7. The molecule has 4 aromatic heterocycles. The van der Waals surface area contributed by atoms with Crippen molar-refractivity contribution in [3.8, 4) is 66.5 Å². The van der Waals surface area contributed by atoms with Crippen LogP contribution in [-0.4, -0.2) is 14.1 Å². The molecule has 0 N–H and O–H groups in total. The fourth-order valence-corrected chi connectivity index (χ4v) is 12.3. The van der Waals surface area contributed by atoms with Gasteiger partial charge in [-0.3, -0.25) is 0 Å². The van der Waals surface area contributed by atoms with Crippen molar-refractivity contribution in [2.24, 2.45) is 0 Å². The first-order valence-electron chi connectivity index (χ1n) is 24.4. The molecule has 0 spiro atoms. The Labute approximate surface area is 418 Å². The Hall–Kier alpha value is -9.29. The summed E-state index contributed by atoms with van der Waals surface area (Å²) in [6.45, 7) is 0. The van der Waals surface area contributed by atoms with Gasteiger partial charge in [0.1, 0.15) is 16.2 Å². The molecule has 0 fully saturated rings. The van der Waals surface area contributed by atoms with Gasteiger partial charge in [-0.2, -0.15) is 0 Å². The highest BCUT2D eigenvalue weighted by molar-refractivity contribution is 7.22. The number of hydrogen-bond donors (Lipinski definition) is 0. The summed E-state index contributed by atoms with van der Waals surface area (Å²) in [6, 6.07) is 89.7. The average Bonchev–Trinajstić information content (AvgIpc) is 4.23. The molecule has 0 aliphatic carbocycles. The largest absolute Gasteiger partial charge is 0.455 e. The minimum atomic E-state index is 0.863. The van der Waals surface area contributed by atoms with Crippen LogP contribution in [0.4, 0.5) is 0 Å². The van der Waals surface area contributed by atoms with Crippen LogP contribution in [0.3, 0.4) is 0 Å². The molecule has 0 atom stereocenters. The van der Waals surface area contributed by atoms with E-state index >= 15 is 0 Å². The number of aromatic nitrogens is 3. The summed E-state index contributed by atoms with van der Waals surface area (Å²) in [5, 5.41) is 8.11. The summed E-state index contributed by atoms with van der Waals surface area (Å²) in [5.41, 5.74) is 20.1. The lowest BCUT2D eigenvalue weighted by atomic mass is 9.95. The second kappa shape index (κ2) is 16.1. The van der Waals surface area contributed by atoms with E-state index < -0.39 is 0 Å². The van der Waals surface area contributed by atoms with Crippen molar-refractivity contribution in [3.63, 3.8) is 0 Å². The van der Waals surface area contributed by atoms with Crippen LogP contribution in [0, 0.1) is 0 Å². The van der Waals surface area contributed by atoms with E-state index in [1.54, 1.807) is 11.3 Å². The van der Waals surface area contributed by atoms with Gasteiger partial charge in [0.05, 0.1) is 37.8 Å². The number of para-hydroxylation sites is 6. The molecule has 0 saturated carbocycles. The molecule has 0 bridgehead atoms. The van der Waals surface area contributed by atoms with Crippen LogP contribution in [0.25, 0.3) is 142 Å². The van der Waals surface area contributed by atoms with Gasteiger partial charge in [0.15, 0.2) is 0 Å². The molecule has 0 aliphatic rings. The van der Waals surface area contributed by atoms with Crippen molar-refractivity contribution < 1.29 is 4.42 Å². The van der Waals surface area contributed by atoms with Crippen molar-refractivity contribution in [2.45, 2.75) is 0 Å². The number of fused-ring (bicyclic) bond motifs is 10. The smallest absolute Gasteiger partial charge is 0.145 e. The van der Waals surface area contributed by atoms with Crippen molar-refractivity contribution in [3.05, 3.63) is 249 Å². The van der Waals surface area contributed by atoms with Crippen LogP contribution in [0.1, 0.15) is 0 Å². The average molecular weight is 936 g/mol. The lowest BCUT2D eigenvalue weighted by molar-refractivity contribution is 0.670. The molecule has 5 heteroatoms. The third kappa shape index (κ3) is 6.34. The minimum absolute atomic E-state index is 0.863. The Morgan fingerprint density at radius 2 is 0.778 bits per heavy atom. The highest BCUT2D eigenvalue weighted by Gasteiger charge is 2.21. The van der Waals surface area contributed by atoms with Gasteiger partial charge in [-0.05, 0) is 106 Å². The van der Waals surface area contributed by atoms with Crippen LogP contribution in [-0.2, 0) is 0 Å². The number of hydrogen-bond acceptors (Lipinski definition) is 3. The molecular weight excluding hydrogens is 895 g/mol. The molecular formula is C67H41N3OS. The Kier molecular flexibility index (Phi) is 9.10. The molecule has 72 heavy (non-hydrogen) atoms. The van der Waals surface area contributed by atoms with Gasteiger partial charge in [-0.15, -0.1) is 11.3 Å². The Morgan fingerprint density at radius 1 is 0.319 bits per heavy atom. The zero-order valence-corrected chi connectivity index (χ0v) is 39.6. The van der Waals surface area contributed by atoms with Crippen LogP contribution in [0.5, 0.6) is 0 Å². The van der Waals surface area contributed by atoms with Crippen molar-refractivity contribution in [1.82, 2.24) is 14.1 Å². The zero-order valence-electron chi connectivity index (χ0n) is 38.8. The molecule has 0 saturated heterocycles. The summed E-state index contributed by atoms with van der Waals surface area (Å²) in [6.07, 6.45) is 0. The second-order valence-electron chi connectivity index (χ2n) is 18.6. The van der Waals surface area contributed by atoms with Gasteiger partial charge in [-0.25, -0.2) is 4.98 Å². The second-order valence-corrected chi connectivity index (χ2v) is 19.6. The number of thiazole rings is 1. The van der Waals surface area contributed by atoms with Gasteiger partial charge in [0.2, 0.25) is 0 Å². The van der Waals surface area contributed by atoms with Crippen LogP contribution < -0.4 is 0 Å². The summed E-state index contributed by atoms with van der Waals surface area (Å²) < 4.78 is 12.5. The molecule has 4 heterocycles. The van der Waals surface area contributed by atoms with E-state index in [0.29, 0.717) is 0 Å². The molecule has 15 aromatic rings. The highest BCUT2D eigenvalue weighted by Crippen LogP contribution is 2.45. The molecule has 11 aromatic carbocycles. The van der Waals surface area contributed by atoms with E-state index in [1.165, 1.54) is 65.9 Å². The maximum absolute atomic E-state index is 6.59. The third-order valence-corrected chi connectivity index (χ3v) is 15.7. The van der Waals surface area contributed by atoms with E-state index in [0.717, 1.165) is 76.4 Å². The first kappa shape index (κ1) is 40.6. The molecule has 0 unspecified atom stereocenters. The molecule has 15 rings (SSSR count). The van der Waals surface area contributed by atoms with Crippen molar-refractivity contribution >= 4 is 87.1 Å². The molecule has 4 nitrogen and oxygen atoms in total. The number of furan rings is 1. The van der Waals surface area contributed by atoms with Gasteiger partial charge < -0.3 is 13.6 Å². The lowest BCUT2D eigenvalue weighted by Crippen LogP contribution is -1.92. The third-order valence-electron chi connectivity index (χ3n) is 14.6. The molecule has 0 amide bonds. The van der Waals surface area contributed by atoms with Gasteiger partial charge in [-0.1, -0.05) is 176 Å². The summed E-state index contributed by atoms with van der Waals surface area (Å²) >= 11 is 1.74. The molecule has 0 aliphatic heterocycles. The normalized spacial score (nSPS) is 11.9. The van der Waals surface area contributed by atoms with E-state index in [2.05, 4.69) is 246 Å². The summed E-state index contributed by atoms with van der Waals surface area (Å²) in [7, 11) is 0. The lowest BCUT2D eigenvalue weighted by Gasteiger charge is -2.11. The van der Waals surface area contributed by atoms with E-state index in [1.807, 2.05) is 12.1 Å². The monoisotopic (exact) mass is 935 g/mol. The number of benzene rings is 11. The Bertz CT molecular complexity index is 4360. The van der Waals surface area contributed by atoms with Crippen molar-refractivity contribution in [2.75, 3.05) is 0 Å². The quantitative estimate of drug-likeness (QED) is 0.160. The van der Waals surface area contributed by atoms with Crippen LogP contribution >= 0.6 is 11.3 Å². The van der Waals surface area contributed by atoms with E-state index in [-0.39, 0.29) is 0 Å². The van der Waals surface area contributed by atoms with Crippen molar-refractivity contribution in [1.29, 1.82) is 0 Å². The van der Waals surface area contributed by atoms with Gasteiger partial charge in [0, 0.05) is 54.8 Å². The number of nitrogens with zero attached hydrogens (tertiary/aromatic N) is 3. The molecule has 0 radical (unpaired) electrons. The highest BCUT2D eigenvalue weighted by atomic mass is 32.1. The van der Waals surface area contributed by atoms with Gasteiger partial charge in [0.25, 0.3) is 0 Å². The standard InChI is InChI=1S/C67H41N3OS/c1-3-14-48(15-4-1)69-59-23-10-7-18-52(59)57-40-46(34-38-61(57)69)42-26-30-44(31-27-42)50-36-37-51(66-64(50)68-67(72-66)56-22-13-21-55-54-20-9-12-25-63(54)71-65(55)56)45-32-28-43(29-33-45)47-35-39-62-58(41-47)53-19-8-11-24-60(53)70(62)49-16-5-2-6-17-49/h1-41H. The zero-order chi connectivity index (χ0) is 47.3. The topological polar surface area (TPSA) is 35.9 Å². The summed E-state index contributed by atoms with van der Waals surface area (Å²) in [5.74, 6) is 0. The van der Waals surface area contributed by atoms with E-state index in [9.17, 15) is 0 Å². The predicted molar refractivity (Wildman–Crippen MR) is 303 cm³/mol. The fraction of sp³-hybridized carbons (Fsp3) is 0. The summed E-state index contributed by atoms with van der Waals surface area (Å²) in [4.78, 5) is 5.53. The first-order chi connectivity index (χ1) is 35.7. The molecule has 336 valence electrons. The van der Waals surface area contributed by atoms with Crippen LogP contribution in [0.15, 0.2) is 253 Å². The van der Waals surface area contributed by atoms with Gasteiger partial charge >= 0.3 is 0 Å². The Morgan fingerprint density at radius 3 is 1.38 bits per heavy atom. The SMILES string of the molecule is c1ccc(-n2c3ccccc3c3cc(-c4ccc(-c5ccc(-c6ccc(-c7ccc8c(c7)c7ccccc7n8-c7ccccc7)cc6)c6sc(-c7cccc8c7oc7ccccc78)nc56)cc4)ccc32)cc1. The number of rotatable bonds is 7. The maximum Gasteiger partial charge on any atom is 0.145 e. The fourth-order valence-electron chi connectivity index (χ4n) is 11.2. The van der Waals surface area contributed by atoms with E-state index in [4.69, 9.17) is 9.40 Å². The minimum Gasteiger partial charge on any atom is -0.455 e. The van der Waals surface area contributed by atoms with Crippen LogP contribution in [0.2, 0.25) is 0 Å². The Balaban J connectivity index is 0.833. The first-order valence-corrected chi connectivity index (χ1v) is 25.2.